The third-order valence-electron chi connectivity index (χ3n) is 8.19. The van der Waals surface area contributed by atoms with Crippen LogP contribution >= 0.6 is 11.6 Å². The summed E-state index contributed by atoms with van der Waals surface area (Å²) < 4.78 is 22.3. The van der Waals surface area contributed by atoms with Gasteiger partial charge < -0.3 is 14.5 Å². The molecule has 46 heavy (non-hydrogen) atoms. The van der Waals surface area contributed by atoms with E-state index < -0.39 is 23.2 Å². The standard InChI is InChI=1S/C35H42ClFN6O3/c1-19(2)23-14-15-38-28(20(3)4)30(23)43-32-25(16-26(36)29(39-32)24-12-10-11-13-27(24)37)31(40-33(43)44)41-17-22(6)42(18-21(41)5)34(45)46-35(7,8)9/h10-16,19-22H,17-18H2,1-9H3/t21-,22+/m0/s1. The van der Waals surface area contributed by atoms with E-state index in [1.165, 1.54) is 10.6 Å². The third-order valence-corrected chi connectivity index (χ3v) is 8.48. The highest BCUT2D eigenvalue weighted by molar-refractivity contribution is 6.33. The lowest BCUT2D eigenvalue weighted by atomic mass is 9.97. The molecule has 0 spiro atoms. The van der Waals surface area contributed by atoms with Gasteiger partial charge in [0.05, 0.1) is 27.5 Å². The van der Waals surface area contributed by atoms with Crippen molar-refractivity contribution >= 4 is 34.5 Å². The summed E-state index contributed by atoms with van der Waals surface area (Å²) in [6.07, 6.45) is 1.36. The summed E-state index contributed by atoms with van der Waals surface area (Å²) in [5.41, 5.74) is 1.82. The predicted octanol–water partition coefficient (Wildman–Crippen LogP) is 7.72. The zero-order chi connectivity index (χ0) is 33.7. The average molecular weight is 649 g/mol. The van der Waals surface area contributed by atoms with E-state index in [2.05, 4.69) is 23.8 Å². The fraction of sp³-hybridized carbons (Fsp3) is 0.457. The van der Waals surface area contributed by atoms with Gasteiger partial charge in [0.2, 0.25) is 0 Å². The van der Waals surface area contributed by atoms with Crippen LogP contribution in [0.15, 0.2) is 47.4 Å². The lowest BCUT2D eigenvalue weighted by Crippen LogP contribution is -2.59. The third kappa shape index (κ3) is 6.32. The lowest BCUT2D eigenvalue weighted by molar-refractivity contribution is 0.0130. The maximum Gasteiger partial charge on any atom is 0.410 e. The normalized spacial score (nSPS) is 17.3. The zero-order valence-electron chi connectivity index (χ0n) is 27.9. The number of amides is 1. The molecular formula is C35H42ClFN6O3. The molecule has 0 unspecified atom stereocenters. The SMILES string of the molecule is CC(C)c1ccnc(C(C)C)c1-n1c(=O)nc(N2C[C@@H](C)N(C(=O)OC(C)(C)C)C[C@@H]2C)c2cc(Cl)c(-c3ccccc3F)nc21. The first-order chi connectivity index (χ1) is 21.6. The van der Waals surface area contributed by atoms with E-state index in [-0.39, 0.29) is 40.2 Å². The number of pyridine rings is 2. The van der Waals surface area contributed by atoms with Crippen molar-refractivity contribution in [3.05, 3.63) is 75.2 Å². The fourth-order valence-electron chi connectivity index (χ4n) is 5.98. The second-order valence-electron chi connectivity index (χ2n) is 13.6. The van der Waals surface area contributed by atoms with Gasteiger partial charge in [-0.25, -0.2) is 23.5 Å². The summed E-state index contributed by atoms with van der Waals surface area (Å²) in [5, 5.41) is 0.751. The van der Waals surface area contributed by atoms with Crippen molar-refractivity contribution in [2.45, 2.75) is 91.8 Å². The van der Waals surface area contributed by atoms with E-state index in [0.717, 1.165) is 11.3 Å². The van der Waals surface area contributed by atoms with Crippen LogP contribution in [0.1, 0.15) is 85.4 Å². The van der Waals surface area contributed by atoms with Gasteiger partial charge in [-0.2, -0.15) is 4.98 Å². The molecule has 2 atom stereocenters. The second-order valence-corrected chi connectivity index (χ2v) is 14.1. The van der Waals surface area contributed by atoms with Crippen LogP contribution in [0, 0.1) is 5.82 Å². The molecule has 5 rings (SSSR count). The zero-order valence-corrected chi connectivity index (χ0v) is 28.7. The van der Waals surface area contributed by atoms with Gasteiger partial charge in [-0.3, -0.25) is 4.98 Å². The Morgan fingerprint density at radius 1 is 1.02 bits per heavy atom. The molecule has 0 bridgehead atoms. The van der Waals surface area contributed by atoms with Crippen LogP contribution in [0.5, 0.6) is 0 Å². The first-order valence-corrected chi connectivity index (χ1v) is 16.1. The van der Waals surface area contributed by atoms with Crippen molar-refractivity contribution in [2.75, 3.05) is 18.0 Å². The maximum atomic E-state index is 15.1. The first-order valence-electron chi connectivity index (χ1n) is 15.7. The Morgan fingerprint density at radius 3 is 2.35 bits per heavy atom. The number of benzene rings is 1. The van der Waals surface area contributed by atoms with Crippen molar-refractivity contribution < 1.29 is 13.9 Å². The molecule has 0 N–H and O–H groups in total. The van der Waals surface area contributed by atoms with E-state index in [1.807, 2.05) is 59.4 Å². The molecule has 11 heteroatoms. The molecule has 1 fully saturated rings. The Balaban J connectivity index is 1.78. The van der Waals surface area contributed by atoms with Crippen LogP contribution in [0.25, 0.3) is 28.0 Å². The first kappa shape index (κ1) is 33.3. The average Bonchev–Trinajstić information content (AvgIpc) is 2.97. The van der Waals surface area contributed by atoms with Crippen LogP contribution in [-0.4, -0.2) is 61.3 Å². The topological polar surface area (TPSA) is 93.5 Å². The molecule has 1 saturated heterocycles. The summed E-state index contributed by atoms with van der Waals surface area (Å²) in [6.45, 7) is 18.3. The molecule has 1 aromatic carbocycles. The molecule has 4 heterocycles. The molecule has 1 aliphatic rings. The van der Waals surface area contributed by atoms with E-state index >= 15 is 4.39 Å². The van der Waals surface area contributed by atoms with Crippen LogP contribution in [0.2, 0.25) is 5.02 Å². The number of hydrogen-bond donors (Lipinski definition) is 0. The molecule has 3 aromatic heterocycles. The monoisotopic (exact) mass is 648 g/mol. The Labute approximate surface area is 274 Å². The number of hydrogen-bond acceptors (Lipinski definition) is 7. The minimum atomic E-state index is -0.631. The van der Waals surface area contributed by atoms with Gasteiger partial charge in [0.15, 0.2) is 5.65 Å². The predicted molar refractivity (Wildman–Crippen MR) is 181 cm³/mol. The lowest BCUT2D eigenvalue weighted by Gasteiger charge is -2.44. The number of aromatic nitrogens is 4. The highest BCUT2D eigenvalue weighted by atomic mass is 35.5. The Morgan fingerprint density at radius 2 is 1.72 bits per heavy atom. The number of carbonyl (C=O) groups excluding carboxylic acids is 1. The van der Waals surface area contributed by atoms with Crippen molar-refractivity contribution in [2.24, 2.45) is 0 Å². The van der Waals surface area contributed by atoms with E-state index in [9.17, 15) is 9.59 Å². The van der Waals surface area contributed by atoms with E-state index in [1.54, 1.807) is 35.4 Å². The highest BCUT2D eigenvalue weighted by Crippen LogP contribution is 2.37. The maximum absolute atomic E-state index is 15.1. The molecule has 0 aliphatic carbocycles. The van der Waals surface area contributed by atoms with Gasteiger partial charge in [0, 0.05) is 36.9 Å². The summed E-state index contributed by atoms with van der Waals surface area (Å²) >= 11 is 6.87. The number of anilines is 1. The highest BCUT2D eigenvalue weighted by Gasteiger charge is 2.36. The Bertz CT molecular complexity index is 1820. The minimum Gasteiger partial charge on any atom is -0.444 e. The van der Waals surface area contributed by atoms with Crippen LogP contribution in [0.3, 0.4) is 0 Å². The summed E-state index contributed by atoms with van der Waals surface area (Å²) in [6, 6.07) is 9.43. The number of nitrogens with zero attached hydrogens (tertiary/aromatic N) is 6. The number of carbonyl (C=O) groups is 1. The van der Waals surface area contributed by atoms with E-state index in [0.29, 0.717) is 35.6 Å². The molecule has 4 aromatic rings. The number of rotatable bonds is 5. The van der Waals surface area contributed by atoms with Gasteiger partial charge in [-0.1, -0.05) is 51.4 Å². The fourth-order valence-corrected chi connectivity index (χ4v) is 6.24. The van der Waals surface area contributed by atoms with Gasteiger partial charge in [0.25, 0.3) is 0 Å². The molecule has 0 radical (unpaired) electrons. The number of halogens is 2. The second kappa shape index (κ2) is 12.6. The van der Waals surface area contributed by atoms with Crippen LogP contribution < -0.4 is 10.6 Å². The largest absolute Gasteiger partial charge is 0.444 e. The Kier molecular flexibility index (Phi) is 9.14. The summed E-state index contributed by atoms with van der Waals surface area (Å²) in [5.74, 6) is -0.0463. The van der Waals surface area contributed by atoms with Gasteiger partial charge in [0.1, 0.15) is 17.2 Å². The molecule has 1 aliphatic heterocycles. The number of ether oxygens (including phenoxy) is 1. The van der Waals surface area contributed by atoms with Gasteiger partial charge in [-0.05, 0) is 76.3 Å². The van der Waals surface area contributed by atoms with E-state index in [4.69, 9.17) is 21.3 Å². The summed E-state index contributed by atoms with van der Waals surface area (Å²) in [7, 11) is 0. The number of piperazine rings is 1. The smallest absolute Gasteiger partial charge is 0.410 e. The minimum absolute atomic E-state index is 0.0181. The van der Waals surface area contributed by atoms with Crippen molar-refractivity contribution in [3.63, 3.8) is 0 Å². The van der Waals surface area contributed by atoms with Crippen molar-refractivity contribution in [3.8, 4) is 16.9 Å². The summed E-state index contributed by atoms with van der Waals surface area (Å²) in [4.78, 5) is 45.4. The van der Waals surface area contributed by atoms with Crippen LogP contribution in [0.4, 0.5) is 15.0 Å². The van der Waals surface area contributed by atoms with Crippen molar-refractivity contribution in [1.82, 2.24) is 24.4 Å². The van der Waals surface area contributed by atoms with Crippen molar-refractivity contribution in [1.29, 1.82) is 0 Å². The molecule has 0 saturated carbocycles. The molecular weight excluding hydrogens is 607 g/mol. The van der Waals surface area contributed by atoms with Gasteiger partial charge in [-0.15, -0.1) is 0 Å². The van der Waals surface area contributed by atoms with Gasteiger partial charge >= 0.3 is 11.8 Å². The molecule has 244 valence electrons. The number of fused-ring (bicyclic) bond motifs is 1. The van der Waals surface area contributed by atoms with Crippen LogP contribution in [-0.2, 0) is 4.74 Å². The quantitative estimate of drug-likeness (QED) is 0.219. The molecule has 9 nitrogen and oxygen atoms in total. The molecule has 1 amide bonds. The Hall–Kier alpha value is -4.05.